The third-order valence-corrected chi connectivity index (χ3v) is 4.12. The van der Waals surface area contributed by atoms with Crippen LogP contribution in [0.4, 0.5) is 0 Å². The molecule has 5 nitrogen and oxygen atoms in total. The molecule has 2 heterocycles. The van der Waals surface area contributed by atoms with E-state index in [0.717, 1.165) is 11.4 Å². The predicted molar refractivity (Wildman–Crippen MR) is 74.4 cm³/mol. The number of carbonyl (C=O) groups excluding carboxylic acids is 2. The molecule has 1 N–H and O–H groups in total. The molecule has 0 radical (unpaired) electrons. The van der Waals surface area contributed by atoms with Gasteiger partial charge in [-0.3, -0.25) is 14.6 Å². The van der Waals surface area contributed by atoms with Crippen molar-refractivity contribution in [3.63, 3.8) is 0 Å². The third-order valence-electron chi connectivity index (χ3n) is 4.12. The summed E-state index contributed by atoms with van der Waals surface area (Å²) in [5.74, 6) is 0.521. The van der Waals surface area contributed by atoms with E-state index in [9.17, 15) is 9.59 Å². The SMILES string of the molecule is CNC(=O)C1CN(C(=O)c2ccc(C3CC3)nc2C)C1. The highest BCUT2D eigenvalue weighted by molar-refractivity contribution is 5.97. The minimum atomic E-state index is -0.0667. The van der Waals surface area contributed by atoms with Crippen LogP contribution in [-0.2, 0) is 4.79 Å². The van der Waals surface area contributed by atoms with Gasteiger partial charge in [0.15, 0.2) is 0 Å². The zero-order valence-electron chi connectivity index (χ0n) is 11.8. The quantitative estimate of drug-likeness (QED) is 0.896. The second-order valence-electron chi connectivity index (χ2n) is 5.66. The van der Waals surface area contributed by atoms with Crippen LogP contribution in [0.1, 0.15) is 40.5 Å². The zero-order valence-corrected chi connectivity index (χ0v) is 11.8. The molecule has 1 saturated carbocycles. The number of pyridine rings is 1. The molecular weight excluding hydrogens is 254 g/mol. The number of nitrogens with one attached hydrogen (secondary N) is 1. The van der Waals surface area contributed by atoms with E-state index in [1.807, 2.05) is 19.1 Å². The van der Waals surface area contributed by atoms with Gasteiger partial charge in [0, 0.05) is 31.7 Å². The molecule has 1 aliphatic carbocycles. The lowest BCUT2D eigenvalue weighted by atomic mass is 9.97. The third kappa shape index (κ3) is 2.28. The standard InChI is InChI=1S/C15H19N3O2/c1-9-12(5-6-13(17-9)10-3-4-10)15(20)18-7-11(8-18)14(19)16-2/h5-6,10-11H,3-4,7-8H2,1-2H3,(H,16,19). The van der Waals surface area contributed by atoms with Crippen LogP contribution >= 0.6 is 0 Å². The van der Waals surface area contributed by atoms with Crippen LogP contribution in [0.5, 0.6) is 0 Å². The van der Waals surface area contributed by atoms with Gasteiger partial charge < -0.3 is 10.2 Å². The van der Waals surface area contributed by atoms with Gasteiger partial charge in [0.25, 0.3) is 5.91 Å². The van der Waals surface area contributed by atoms with Crippen LogP contribution in [0.3, 0.4) is 0 Å². The van der Waals surface area contributed by atoms with Crippen molar-refractivity contribution in [2.24, 2.45) is 5.92 Å². The van der Waals surface area contributed by atoms with Gasteiger partial charge in [-0.25, -0.2) is 0 Å². The number of aromatic nitrogens is 1. The van der Waals surface area contributed by atoms with Gasteiger partial charge in [-0.15, -0.1) is 0 Å². The number of rotatable bonds is 3. The Morgan fingerprint density at radius 1 is 1.30 bits per heavy atom. The number of likely N-dealkylation sites (tertiary alicyclic amines) is 1. The minimum Gasteiger partial charge on any atom is -0.359 e. The monoisotopic (exact) mass is 273 g/mol. The van der Waals surface area contributed by atoms with Crippen molar-refractivity contribution in [2.75, 3.05) is 20.1 Å². The summed E-state index contributed by atoms with van der Waals surface area (Å²) in [6, 6.07) is 3.85. The summed E-state index contributed by atoms with van der Waals surface area (Å²) in [5.41, 5.74) is 2.55. The summed E-state index contributed by atoms with van der Waals surface area (Å²) in [6.07, 6.45) is 2.42. The molecule has 2 aliphatic rings. The molecule has 1 aromatic heterocycles. The van der Waals surface area contributed by atoms with E-state index < -0.39 is 0 Å². The first-order valence-electron chi connectivity index (χ1n) is 7.08. The molecule has 5 heteroatoms. The van der Waals surface area contributed by atoms with Crippen molar-refractivity contribution in [3.05, 3.63) is 29.1 Å². The van der Waals surface area contributed by atoms with Crippen LogP contribution in [0.2, 0.25) is 0 Å². The number of aryl methyl sites for hydroxylation is 1. The molecule has 0 unspecified atom stereocenters. The Hall–Kier alpha value is -1.91. The van der Waals surface area contributed by atoms with Gasteiger partial charge in [0.1, 0.15) is 0 Å². The summed E-state index contributed by atoms with van der Waals surface area (Å²) in [5, 5.41) is 2.62. The fourth-order valence-corrected chi connectivity index (χ4v) is 2.60. The predicted octanol–water partition coefficient (Wildman–Crippen LogP) is 1.09. The number of amides is 2. The molecule has 2 amide bonds. The molecule has 1 saturated heterocycles. The van der Waals surface area contributed by atoms with Crippen LogP contribution < -0.4 is 5.32 Å². The second-order valence-corrected chi connectivity index (χ2v) is 5.66. The molecular formula is C15H19N3O2. The molecule has 1 aromatic rings. The summed E-state index contributed by atoms with van der Waals surface area (Å²) in [4.78, 5) is 30.0. The van der Waals surface area contributed by atoms with Crippen LogP contribution in [0, 0.1) is 12.8 Å². The summed E-state index contributed by atoms with van der Waals surface area (Å²) < 4.78 is 0. The molecule has 0 bridgehead atoms. The lowest BCUT2D eigenvalue weighted by molar-refractivity contribution is -0.128. The van der Waals surface area contributed by atoms with Crippen molar-refractivity contribution in [2.45, 2.75) is 25.7 Å². The maximum absolute atomic E-state index is 12.4. The van der Waals surface area contributed by atoms with Crippen LogP contribution in [0.15, 0.2) is 12.1 Å². The lowest BCUT2D eigenvalue weighted by Gasteiger charge is -2.38. The molecule has 3 rings (SSSR count). The second kappa shape index (κ2) is 4.89. The normalized spacial score (nSPS) is 18.6. The van der Waals surface area contributed by atoms with Crippen molar-refractivity contribution in [1.82, 2.24) is 15.2 Å². The van der Waals surface area contributed by atoms with Crippen molar-refractivity contribution in [3.8, 4) is 0 Å². The lowest BCUT2D eigenvalue weighted by Crippen LogP contribution is -2.55. The van der Waals surface area contributed by atoms with Crippen molar-refractivity contribution >= 4 is 11.8 Å². The fourth-order valence-electron chi connectivity index (χ4n) is 2.60. The Bertz CT molecular complexity index is 560. The van der Waals surface area contributed by atoms with E-state index in [2.05, 4.69) is 10.3 Å². The van der Waals surface area contributed by atoms with E-state index in [-0.39, 0.29) is 17.7 Å². The largest absolute Gasteiger partial charge is 0.359 e. The minimum absolute atomic E-state index is 0.00739. The highest BCUT2D eigenvalue weighted by Crippen LogP contribution is 2.39. The Balaban J connectivity index is 1.67. The average Bonchev–Trinajstić information content (AvgIpc) is 3.20. The number of hydrogen-bond donors (Lipinski definition) is 1. The van der Waals surface area contributed by atoms with E-state index in [0.29, 0.717) is 24.6 Å². The van der Waals surface area contributed by atoms with Crippen LogP contribution in [0.25, 0.3) is 0 Å². The van der Waals surface area contributed by atoms with Gasteiger partial charge >= 0.3 is 0 Å². The molecule has 20 heavy (non-hydrogen) atoms. The zero-order chi connectivity index (χ0) is 14.3. The number of nitrogens with zero attached hydrogens (tertiary/aromatic N) is 2. The highest BCUT2D eigenvalue weighted by Gasteiger charge is 2.36. The number of hydrogen-bond acceptors (Lipinski definition) is 3. The maximum Gasteiger partial charge on any atom is 0.255 e. The molecule has 1 aliphatic heterocycles. The fraction of sp³-hybridized carbons (Fsp3) is 0.533. The Morgan fingerprint density at radius 2 is 2.00 bits per heavy atom. The Morgan fingerprint density at radius 3 is 2.55 bits per heavy atom. The molecule has 0 atom stereocenters. The van der Waals surface area contributed by atoms with Gasteiger partial charge in [0.2, 0.25) is 5.91 Å². The molecule has 0 spiro atoms. The Labute approximate surface area is 118 Å². The van der Waals surface area contributed by atoms with Crippen molar-refractivity contribution in [1.29, 1.82) is 0 Å². The summed E-state index contributed by atoms with van der Waals surface area (Å²) in [6.45, 7) is 2.89. The first-order valence-corrected chi connectivity index (χ1v) is 7.08. The smallest absolute Gasteiger partial charge is 0.255 e. The first-order chi connectivity index (χ1) is 9.60. The molecule has 0 aromatic carbocycles. The highest BCUT2D eigenvalue weighted by atomic mass is 16.2. The average molecular weight is 273 g/mol. The Kier molecular flexibility index (Phi) is 3.20. The first kappa shape index (κ1) is 13.1. The van der Waals surface area contributed by atoms with E-state index in [1.165, 1.54) is 12.8 Å². The molecule has 106 valence electrons. The van der Waals surface area contributed by atoms with Gasteiger partial charge in [0.05, 0.1) is 17.2 Å². The van der Waals surface area contributed by atoms with Gasteiger partial charge in [-0.2, -0.15) is 0 Å². The summed E-state index contributed by atoms with van der Waals surface area (Å²) in [7, 11) is 1.62. The van der Waals surface area contributed by atoms with Gasteiger partial charge in [-0.1, -0.05) is 0 Å². The topological polar surface area (TPSA) is 62.3 Å². The van der Waals surface area contributed by atoms with Crippen molar-refractivity contribution < 1.29 is 9.59 Å². The maximum atomic E-state index is 12.4. The number of carbonyl (C=O) groups is 2. The van der Waals surface area contributed by atoms with Crippen LogP contribution in [-0.4, -0.2) is 41.8 Å². The summed E-state index contributed by atoms with van der Waals surface area (Å²) >= 11 is 0. The molecule has 2 fully saturated rings. The van der Waals surface area contributed by atoms with Gasteiger partial charge in [-0.05, 0) is 31.9 Å². The van der Waals surface area contributed by atoms with E-state index in [1.54, 1.807) is 11.9 Å². The van der Waals surface area contributed by atoms with E-state index in [4.69, 9.17) is 0 Å². The van der Waals surface area contributed by atoms with E-state index >= 15 is 0 Å².